The highest BCUT2D eigenvalue weighted by molar-refractivity contribution is 5.95. The molecule has 0 spiro atoms. The van der Waals surface area contributed by atoms with Crippen molar-refractivity contribution < 1.29 is 9.18 Å². The second-order valence-electron chi connectivity index (χ2n) is 4.77. The van der Waals surface area contributed by atoms with Crippen LogP contribution in [0.2, 0.25) is 0 Å². The van der Waals surface area contributed by atoms with Crippen molar-refractivity contribution in [3.8, 4) is 11.3 Å². The molecule has 0 aliphatic heterocycles. The summed E-state index contributed by atoms with van der Waals surface area (Å²) in [6.07, 6.45) is 1.59. The molecule has 0 saturated carbocycles. The van der Waals surface area contributed by atoms with Crippen molar-refractivity contribution in [1.29, 1.82) is 0 Å². The molecule has 6 nitrogen and oxygen atoms in total. The lowest BCUT2D eigenvalue weighted by molar-refractivity contribution is 0.259. The second-order valence-corrected chi connectivity index (χ2v) is 4.77. The molecule has 0 fully saturated rings. The van der Waals surface area contributed by atoms with E-state index in [0.717, 1.165) is 5.56 Å². The molecule has 2 aromatic carbocycles. The Morgan fingerprint density at radius 3 is 2.52 bits per heavy atom. The first-order valence-electron chi connectivity index (χ1n) is 6.86. The Labute approximate surface area is 131 Å². The topological polar surface area (TPSA) is 85.0 Å². The number of halogens is 1. The number of anilines is 2. The van der Waals surface area contributed by atoms with Crippen LogP contribution in [-0.2, 0) is 0 Å². The summed E-state index contributed by atoms with van der Waals surface area (Å²) < 4.78 is 14.8. The number of hydrogen-bond acceptors (Lipinski definition) is 3. The van der Waals surface area contributed by atoms with Gasteiger partial charge in [0.2, 0.25) is 5.95 Å². The maximum atomic E-state index is 13.5. The largest absolute Gasteiger partial charge is 0.368 e. The maximum Gasteiger partial charge on any atom is 0.338 e. The first-order chi connectivity index (χ1) is 11.1. The molecule has 1 heterocycles. The van der Waals surface area contributed by atoms with Gasteiger partial charge in [-0.25, -0.2) is 24.3 Å². The highest BCUT2D eigenvalue weighted by atomic mass is 19.1. The third-order valence-electron chi connectivity index (χ3n) is 3.15. The molecule has 23 heavy (non-hydrogen) atoms. The molecule has 0 saturated heterocycles. The Morgan fingerprint density at radius 2 is 1.78 bits per heavy atom. The van der Waals surface area contributed by atoms with Gasteiger partial charge >= 0.3 is 6.03 Å². The molecular formula is C16H14FN5O. The van der Waals surface area contributed by atoms with Crippen LogP contribution in [0.25, 0.3) is 11.3 Å². The van der Waals surface area contributed by atoms with Gasteiger partial charge in [0, 0.05) is 5.56 Å². The van der Waals surface area contributed by atoms with E-state index in [0.29, 0.717) is 5.69 Å². The molecular weight excluding hydrogens is 297 g/mol. The smallest absolute Gasteiger partial charge is 0.338 e. The minimum absolute atomic E-state index is 0.0759. The van der Waals surface area contributed by atoms with E-state index in [2.05, 4.69) is 15.7 Å². The van der Waals surface area contributed by atoms with Crippen LogP contribution in [0.5, 0.6) is 0 Å². The van der Waals surface area contributed by atoms with Crippen molar-refractivity contribution in [2.24, 2.45) is 0 Å². The molecule has 0 radical (unpaired) electrons. The zero-order valence-electron chi connectivity index (χ0n) is 12.0. The zero-order valence-corrected chi connectivity index (χ0v) is 12.0. The monoisotopic (exact) mass is 311 g/mol. The van der Waals surface area contributed by atoms with Gasteiger partial charge in [0.1, 0.15) is 5.82 Å². The van der Waals surface area contributed by atoms with Crippen molar-refractivity contribution >= 4 is 17.7 Å². The summed E-state index contributed by atoms with van der Waals surface area (Å²) in [5.41, 5.74) is 9.84. The van der Waals surface area contributed by atoms with E-state index in [-0.39, 0.29) is 11.6 Å². The lowest BCUT2D eigenvalue weighted by Crippen LogP contribution is -2.28. The first-order valence-corrected chi connectivity index (χ1v) is 6.86. The fourth-order valence-electron chi connectivity index (χ4n) is 2.05. The minimum atomic E-state index is -0.626. The molecule has 0 bridgehead atoms. The number of aromatic nitrogens is 2. The quantitative estimate of drug-likeness (QED) is 0.695. The Morgan fingerprint density at radius 1 is 1.09 bits per heavy atom. The zero-order chi connectivity index (χ0) is 16.2. The van der Waals surface area contributed by atoms with Crippen LogP contribution in [0.15, 0.2) is 60.8 Å². The lowest BCUT2D eigenvalue weighted by Gasteiger charge is -2.09. The van der Waals surface area contributed by atoms with Gasteiger partial charge in [0.25, 0.3) is 0 Å². The van der Waals surface area contributed by atoms with Gasteiger partial charge in [-0.1, -0.05) is 42.5 Å². The number of nitrogens with one attached hydrogen (secondary N) is 2. The molecule has 2 amide bonds. The van der Waals surface area contributed by atoms with Crippen LogP contribution in [0.4, 0.5) is 20.8 Å². The predicted octanol–water partition coefficient (Wildman–Crippen LogP) is 3.05. The highest BCUT2D eigenvalue weighted by Gasteiger charge is 2.10. The SMILES string of the molecule is Nc1nc(-c2ccccc2)cn1NC(=O)Nc1ccccc1F. The van der Waals surface area contributed by atoms with Crippen molar-refractivity contribution in [2.75, 3.05) is 16.5 Å². The Balaban J connectivity index is 1.74. The normalized spacial score (nSPS) is 10.3. The number of carbonyl (C=O) groups excluding carboxylic acids is 1. The number of hydrogen-bond donors (Lipinski definition) is 3. The summed E-state index contributed by atoms with van der Waals surface area (Å²) in [4.78, 5) is 16.1. The van der Waals surface area contributed by atoms with Crippen LogP contribution in [0.3, 0.4) is 0 Å². The van der Waals surface area contributed by atoms with Gasteiger partial charge in [-0.05, 0) is 12.1 Å². The molecule has 3 aromatic rings. The molecule has 0 aliphatic carbocycles. The number of carbonyl (C=O) groups is 1. The maximum absolute atomic E-state index is 13.5. The van der Waals surface area contributed by atoms with E-state index < -0.39 is 11.8 Å². The summed E-state index contributed by atoms with van der Waals surface area (Å²) in [5.74, 6) is -0.404. The van der Waals surface area contributed by atoms with Crippen LogP contribution >= 0.6 is 0 Å². The number of imidazole rings is 1. The van der Waals surface area contributed by atoms with Crippen molar-refractivity contribution in [1.82, 2.24) is 9.66 Å². The van der Waals surface area contributed by atoms with Gasteiger partial charge in [-0.3, -0.25) is 0 Å². The van der Waals surface area contributed by atoms with Gasteiger partial charge in [0.15, 0.2) is 0 Å². The van der Waals surface area contributed by atoms with E-state index in [1.54, 1.807) is 18.3 Å². The van der Waals surface area contributed by atoms with Crippen molar-refractivity contribution in [3.63, 3.8) is 0 Å². The molecule has 116 valence electrons. The Kier molecular flexibility index (Phi) is 3.92. The van der Waals surface area contributed by atoms with E-state index in [1.165, 1.54) is 16.8 Å². The van der Waals surface area contributed by atoms with Gasteiger partial charge in [0.05, 0.1) is 17.6 Å². The molecule has 0 aliphatic rings. The fraction of sp³-hybridized carbons (Fsp3) is 0. The van der Waals surface area contributed by atoms with Gasteiger partial charge in [-0.15, -0.1) is 0 Å². The number of urea groups is 1. The highest BCUT2D eigenvalue weighted by Crippen LogP contribution is 2.18. The minimum Gasteiger partial charge on any atom is -0.368 e. The summed E-state index contributed by atoms with van der Waals surface area (Å²) in [7, 11) is 0. The Hall–Kier alpha value is -3.35. The number of nitrogens with two attached hydrogens (primary N) is 1. The standard InChI is InChI=1S/C16H14FN5O/c17-12-8-4-5-9-13(12)20-16(23)21-22-10-14(19-15(22)18)11-6-2-1-3-7-11/h1-10H,(H2,18,19)(H2,20,21,23). The number of amides is 2. The molecule has 4 N–H and O–H groups in total. The predicted molar refractivity (Wildman–Crippen MR) is 86.9 cm³/mol. The number of nitrogens with zero attached hydrogens (tertiary/aromatic N) is 2. The molecule has 3 rings (SSSR count). The van der Waals surface area contributed by atoms with Crippen LogP contribution < -0.4 is 16.5 Å². The molecule has 7 heteroatoms. The van der Waals surface area contributed by atoms with Crippen LogP contribution in [-0.4, -0.2) is 15.7 Å². The fourth-order valence-corrected chi connectivity index (χ4v) is 2.05. The van der Waals surface area contributed by atoms with Gasteiger partial charge in [-0.2, -0.15) is 0 Å². The third-order valence-corrected chi connectivity index (χ3v) is 3.15. The summed E-state index contributed by atoms with van der Waals surface area (Å²) in [5, 5.41) is 2.41. The van der Waals surface area contributed by atoms with E-state index in [1.807, 2.05) is 30.3 Å². The number of nitrogen functional groups attached to an aromatic ring is 1. The summed E-state index contributed by atoms with van der Waals surface area (Å²) in [6.45, 7) is 0. The third kappa shape index (κ3) is 3.29. The van der Waals surface area contributed by atoms with Crippen molar-refractivity contribution in [3.05, 3.63) is 66.6 Å². The average molecular weight is 311 g/mol. The van der Waals surface area contributed by atoms with Crippen LogP contribution in [0, 0.1) is 5.82 Å². The Bertz CT molecular complexity index is 831. The first kappa shape index (κ1) is 14.6. The van der Waals surface area contributed by atoms with E-state index >= 15 is 0 Å². The lowest BCUT2D eigenvalue weighted by atomic mass is 10.2. The number of benzene rings is 2. The molecule has 0 unspecified atom stereocenters. The van der Waals surface area contributed by atoms with E-state index in [9.17, 15) is 9.18 Å². The van der Waals surface area contributed by atoms with Gasteiger partial charge < -0.3 is 11.1 Å². The average Bonchev–Trinajstić information content (AvgIpc) is 2.91. The summed E-state index contributed by atoms with van der Waals surface area (Å²) >= 11 is 0. The van der Waals surface area contributed by atoms with E-state index in [4.69, 9.17) is 5.73 Å². The molecule has 1 aromatic heterocycles. The van der Waals surface area contributed by atoms with Crippen LogP contribution in [0.1, 0.15) is 0 Å². The summed E-state index contributed by atoms with van der Waals surface area (Å²) in [6, 6.07) is 14.7. The molecule has 0 atom stereocenters. The van der Waals surface area contributed by atoms with Crippen molar-refractivity contribution in [2.45, 2.75) is 0 Å². The number of rotatable bonds is 3. The number of para-hydroxylation sites is 1. The second kappa shape index (κ2) is 6.18.